The molecule has 0 saturated heterocycles. The van der Waals surface area contributed by atoms with Crippen LogP contribution in [0.5, 0.6) is 0 Å². The largest absolute Gasteiger partial charge is 0.533 e. The van der Waals surface area contributed by atoms with E-state index in [-0.39, 0.29) is 0 Å². The maximum Gasteiger partial charge on any atom is 0.533 e. The summed E-state index contributed by atoms with van der Waals surface area (Å²) in [7, 11) is 2.01. The van der Waals surface area contributed by atoms with Gasteiger partial charge < -0.3 is 24.3 Å². The van der Waals surface area contributed by atoms with E-state index >= 15 is 0 Å². The molecule has 5 nitrogen and oxygen atoms in total. The third-order valence-corrected chi connectivity index (χ3v) is 5.70. The fraction of sp³-hybridized carbons (Fsp3) is 0.429. The lowest BCUT2D eigenvalue weighted by atomic mass is 10.2. The van der Waals surface area contributed by atoms with Gasteiger partial charge >= 0.3 is 8.80 Å². The number of hydrogen-bond acceptors (Lipinski definition) is 5. The van der Waals surface area contributed by atoms with Crippen LogP contribution in [-0.4, -0.2) is 49.8 Å². The Balaban J connectivity index is 3.03. The Bertz CT molecular complexity index is 400. The van der Waals surface area contributed by atoms with E-state index in [1.54, 1.807) is 21.3 Å². The van der Waals surface area contributed by atoms with Gasteiger partial charge in [0.05, 0.1) is 0 Å². The molecule has 0 spiro atoms. The van der Waals surface area contributed by atoms with Gasteiger partial charge in [0, 0.05) is 46.2 Å². The van der Waals surface area contributed by atoms with E-state index in [4.69, 9.17) is 19.0 Å². The van der Waals surface area contributed by atoms with Crippen molar-refractivity contribution < 1.29 is 13.3 Å². The minimum atomic E-state index is -2.82. The van der Waals surface area contributed by atoms with Crippen molar-refractivity contribution in [2.24, 2.45) is 5.73 Å². The predicted molar refractivity (Wildman–Crippen MR) is 83.1 cm³/mol. The van der Waals surface area contributed by atoms with Gasteiger partial charge in [0.1, 0.15) is 0 Å². The first-order chi connectivity index (χ1) is 9.72. The molecule has 0 heterocycles. The van der Waals surface area contributed by atoms with Crippen molar-refractivity contribution in [3.05, 3.63) is 41.1 Å². The Hall–Kier alpha value is -1.02. The number of benzene rings is 1. The molecule has 0 unspecified atom stereocenters. The van der Waals surface area contributed by atoms with E-state index in [1.807, 2.05) is 36.4 Å². The van der Waals surface area contributed by atoms with Gasteiger partial charge in [0.25, 0.3) is 0 Å². The van der Waals surface area contributed by atoms with Crippen LogP contribution in [0.4, 0.5) is 0 Å². The summed E-state index contributed by atoms with van der Waals surface area (Å²) in [5, 5.41) is 4.24. The maximum absolute atomic E-state index is 5.56. The van der Waals surface area contributed by atoms with E-state index in [2.05, 4.69) is 5.32 Å². The monoisotopic (exact) mass is 296 g/mol. The van der Waals surface area contributed by atoms with E-state index in [1.165, 1.54) is 0 Å². The molecule has 0 atom stereocenters. The van der Waals surface area contributed by atoms with Gasteiger partial charge in [-0.2, -0.15) is 0 Å². The Morgan fingerprint density at radius 1 is 1.15 bits per heavy atom. The average molecular weight is 296 g/mol. The summed E-state index contributed by atoms with van der Waals surface area (Å²) < 4.78 is 16.7. The SMILES string of the molecule is CO[Si](OC)(OC)C(=Cc1ccccc1)CNCCN. The molecule has 1 aromatic carbocycles. The highest BCUT2D eigenvalue weighted by molar-refractivity contribution is 6.69. The third kappa shape index (κ3) is 4.52. The topological polar surface area (TPSA) is 65.7 Å². The normalized spacial score (nSPS) is 12.7. The smallest absolute Gasteiger partial charge is 0.374 e. The highest BCUT2D eigenvalue weighted by Gasteiger charge is 2.42. The average Bonchev–Trinajstić information content (AvgIpc) is 2.50. The van der Waals surface area contributed by atoms with E-state index in [0.29, 0.717) is 13.1 Å². The molecule has 1 aromatic rings. The number of nitrogens with two attached hydrogens (primary N) is 1. The summed E-state index contributed by atoms with van der Waals surface area (Å²) in [4.78, 5) is 0. The van der Waals surface area contributed by atoms with Gasteiger partial charge in [0.2, 0.25) is 0 Å². The molecule has 0 aliphatic heterocycles. The van der Waals surface area contributed by atoms with E-state index in [9.17, 15) is 0 Å². The first-order valence-corrected chi connectivity index (χ1v) is 8.27. The molecule has 112 valence electrons. The summed E-state index contributed by atoms with van der Waals surface area (Å²) in [6, 6.07) is 10.0. The lowest BCUT2D eigenvalue weighted by molar-refractivity contribution is 0.134. The first kappa shape index (κ1) is 17.0. The van der Waals surface area contributed by atoms with Gasteiger partial charge in [-0.05, 0) is 5.56 Å². The minimum absolute atomic E-state index is 0.583. The van der Waals surface area contributed by atoms with E-state index in [0.717, 1.165) is 17.3 Å². The number of hydrogen-bond donors (Lipinski definition) is 2. The molecule has 0 amide bonds. The molecule has 20 heavy (non-hydrogen) atoms. The second-order valence-corrected chi connectivity index (χ2v) is 7.19. The van der Waals surface area contributed by atoms with Crippen molar-refractivity contribution >= 4 is 14.9 Å². The van der Waals surface area contributed by atoms with Gasteiger partial charge in [-0.15, -0.1) is 0 Å². The number of nitrogens with one attached hydrogen (secondary N) is 1. The highest BCUT2D eigenvalue weighted by Crippen LogP contribution is 2.20. The predicted octanol–water partition coefficient (Wildman–Crippen LogP) is 1.04. The summed E-state index contributed by atoms with van der Waals surface area (Å²) in [6.45, 7) is 1.93. The van der Waals surface area contributed by atoms with Crippen LogP contribution in [0, 0.1) is 0 Å². The number of rotatable bonds is 9. The Morgan fingerprint density at radius 2 is 1.75 bits per heavy atom. The van der Waals surface area contributed by atoms with Crippen LogP contribution in [0.25, 0.3) is 6.08 Å². The standard InChI is InChI=1S/C14H24N2O3Si/c1-17-20(18-2,19-3)14(12-16-10-9-15)11-13-7-5-4-6-8-13/h4-8,11,16H,9-10,12,15H2,1-3H3. The lowest BCUT2D eigenvalue weighted by Gasteiger charge is -2.27. The summed E-state index contributed by atoms with van der Waals surface area (Å²) in [6.07, 6.45) is 2.05. The minimum Gasteiger partial charge on any atom is -0.374 e. The quantitative estimate of drug-likeness (QED) is 0.526. The van der Waals surface area contributed by atoms with Crippen LogP contribution in [0.15, 0.2) is 35.5 Å². The van der Waals surface area contributed by atoms with Crippen molar-refractivity contribution in [2.45, 2.75) is 0 Å². The first-order valence-electron chi connectivity index (χ1n) is 6.54. The molecule has 0 aliphatic carbocycles. The zero-order valence-electron chi connectivity index (χ0n) is 12.4. The van der Waals surface area contributed by atoms with Crippen LogP contribution in [0.2, 0.25) is 0 Å². The summed E-state index contributed by atoms with van der Waals surface area (Å²) in [5.41, 5.74) is 6.59. The zero-order chi connectivity index (χ0) is 14.8. The molecule has 0 radical (unpaired) electrons. The van der Waals surface area contributed by atoms with Gasteiger partial charge in [0.15, 0.2) is 0 Å². The van der Waals surface area contributed by atoms with Crippen LogP contribution in [0.3, 0.4) is 0 Å². The molecular weight excluding hydrogens is 272 g/mol. The second-order valence-electron chi connectivity index (χ2n) is 4.21. The molecule has 0 saturated carbocycles. The molecule has 0 aliphatic rings. The van der Waals surface area contributed by atoms with E-state index < -0.39 is 8.80 Å². The van der Waals surface area contributed by atoms with Crippen molar-refractivity contribution in [3.63, 3.8) is 0 Å². The van der Waals surface area contributed by atoms with Gasteiger partial charge in [-0.1, -0.05) is 36.4 Å². The molecule has 0 bridgehead atoms. The second kappa shape index (κ2) is 9.01. The summed E-state index contributed by atoms with van der Waals surface area (Å²) in [5.74, 6) is 0. The fourth-order valence-electron chi connectivity index (χ4n) is 1.97. The molecule has 3 N–H and O–H groups in total. The van der Waals surface area contributed by atoms with Crippen LogP contribution in [-0.2, 0) is 13.3 Å². The van der Waals surface area contributed by atoms with Crippen molar-refractivity contribution in [1.29, 1.82) is 0 Å². The molecule has 0 aromatic heterocycles. The Kier molecular flexibility index (Phi) is 7.67. The highest BCUT2D eigenvalue weighted by atomic mass is 28.4. The molecule has 1 rings (SSSR count). The van der Waals surface area contributed by atoms with Crippen molar-refractivity contribution in [2.75, 3.05) is 41.0 Å². The molecular formula is C14H24N2O3Si. The van der Waals surface area contributed by atoms with Crippen molar-refractivity contribution in [3.8, 4) is 0 Å². The summed E-state index contributed by atoms with van der Waals surface area (Å²) >= 11 is 0. The van der Waals surface area contributed by atoms with Crippen LogP contribution < -0.4 is 11.1 Å². The lowest BCUT2D eigenvalue weighted by Crippen LogP contribution is -2.48. The fourth-order valence-corrected chi connectivity index (χ4v) is 3.94. The molecule has 6 heteroatoms. The maximum atomic E-state index is 5.56. The van der Waals surface area contributed by atoms with Gasteiger partial charge in [-0.3, -0.25) is 0 Å². The third-order valence-electron chi connectivity index (χ3n) is 2.98. The Labute approximate surface area is 122 Å². The van der Waals surface area contributed by atoms with Crippen LogP contribution >= 0.6 is 0 Å². The van der Waals surface area contributed by atoms with Crippen molar-refractivity contribution in [1.82, 2.24) is 5.32 Å². The Morgan fingerprint density at radius 3 is 2.25 bits per heavy atom. The van der Waals surface area contributed by atoms with Gasteiger partial charge in [-0.25, -0.2) is 0 Å². The molecule has 0 fully saturated rings. The van der Waals surface area contributed by atoms with Crippen LogP contribution in [0.1, 0.15) is 5.56 Å². The zero-order valence-corrected chi connectivity index (χ0v) is 13.4.